The Morgan fingerprint density at radius 3 is 2.22 bits per heavy atom. The zero-order valence-corrected chi connectivity index (χ0v) is 5.20. The van der Waals surface area contributed by atoms with E-state index >= 15 is 0 Å². The summed E-state index contributed by atoms with van der Waals surface area (Å²) in [5, 5.41) is 25.3. The summed E-state index contributed by atoms with van der Waals surface area (Å²) >= 11 is 0. The van der Waals surface area contributed by atoms with E-state index in [1.54, 1.807) is 0 Å². The Kier molecular flexibility index (Phi) is 4.06. The van der Waals surface area contributed by atoms with Gasteiger partial charge in [-0.2, -0.15) is 0 Å². The van der Waals surface area contributed by atoms with E-state index in [1.807, 2.05) is 0 Å². The van der Waals surface area contributed by atoms with Crippen molar-refractivity contribution in [3.05, 3.63) is 0 Å². The van der Waals surface area contributed by atoms with Crippen molar-refractivity contribution >= 4 is 0 Å². The van der Waals surface area contributed by atoms with Gasteiger partial charge in [0.25, 0.3) is 0 Å². The van der Waals surface area contributed by atoms with Gasteiger partial charge in [-0.3, -0.25) is 0 Å². The molecular formula is C6H10O3. The van der Waals surface area contributed by atoms with Crippen LogP contribution in [0.3, 0.4) is 0 Å². The molecule has 0 saturated heterocycles. The molecule has 0 radical (unpaired) electrons. The van der Waals surface area contributed by atoms with Crippen LogP contribution >= 0.6 is 0 Å². The van der Waals surface area contributed by atoms with Crippen LogP contribution < -0.4 is 0 Å². The van der Waals surface area contributed by atoms with Gasteiger partial charge in [-0.1, -0.05) is 11.8 Å². The van der Waals surface area contributed by atoms with Crippen LogP contribution in [0.1, 0.15) is 6.92 Å². The lowest BCUT2D eigenvalue weighted by atomic mass is 10.3. The fraction of sp³-hybridized carbons (Fsp3) is 0.667. The molecule has 52 valence electrons. The Balaban J connectivity index is 3.58. The molecule has 0 aromatic heterocycles. The maximum absolute atomic E-state index is 8.57. The summed E-state index contributed by atoms with van der Waals surface area (Å²) in [6, 6.07) is 0. The molecule has 0 aromatic rings. The monoisotopic (exact) mass is 130 g/mol. The van der Waals surface area contributed by atoms with Gasteiger partial charge in [0.05, 0.1) is 6.61 Å². The van der Waals surface area contributed by atoms with Crippen molar-refractivity contribution in [2.75, 3.05) is 6.61 Å². The SMILES string of the molecule is CC(O)C#CC(O)CO. The number of rotatable bonds is 1. The molecule has 0 spiro atoms. The van der Waals surface area contributed by atoms with Gasteiger partial charge in [-0.25, -0.2) is 0 Å². The first-order chi connectivity index (χ1) is 4.16. The molecule has 0 aromatic carbocycles. The molecule has 0 aliphatic heterocycles. The summed E-state index contributed by atoms with van der Waals surface area (Å²) in [6.45, 7) is 1.09. The first-order valence-corrected chi connectivity index (χ1v) is 2.65. The highest BCUT2D eigenvalue weighted by Crippen LogP contribution is 1.77. The van der Waals surface area contributed by atoms with E-state index in [0.29, 0.717) is 0 Å². The highest BCUT2D eigenvalue weighted by atomic mass is 16.3. The maximum atomic E-state index is 8.57. The van der Waals surface area contributed by atoms with E-state index < -0.39 is 12.2 Å². The molecule has 0 heterocycles. The van der Waals surface area contributed by atoms with E-state index in [1.165, 1.54) is 6.92 Å². The molecule has 0 amide bonds. The molecule has 3 N–H and O–H groups in total. The summed E-state index contributed by atoms with van der Waals surface area (Å²) < 4.78 is 0. The molecule has 0 fully saturated rings. The van der Waals surface area contributed by atoms with Crippen molar-refractivity contribution in [2.24, 2.45) is 0 Å². The highest BCUT2D eigenvalue weighted by molar-refractivity contribution is 5.07. The largest absolute Gasteiger partial charge is 0.393 e. The third-order valence-corrected chi connectivity index (χ3v) is 0.632. The molecule has 9 heavy (non-hydrogen) atoms. The van der Waals surface area contributed by atoms with Crippen molar-refractivity contribution in [3.63, 3.8) is 0 Å². The molecule has 0 aliphatic rings. The second kappa shape index (κ2) is 4.33. The van der Waals surface area contributed by atoms with Crippen LogP contribution in [0.15, 0.2) is 0 Å². The van der Waals surface area contributed by atoms with Crippen molar-refractivity contribution in [1.82, 2.24) is 0 Å². The van der Waals surface area contributed by atoms with Gasteiger partial charge in [-0.15, -0.1) is 0 Å². The van der Waals surface area contributed by atoms with E-state index in [2.05, 4.69) is 11.8 Å². The molecule has 0 bridgehead atoms. The van der Waals surface area contributed by atoms with Crippen LogP contribution in [0, 0.1) is 11.8 Å². The minimum atomic E-state index is -1.03. The average molecular weight is 130 g/mol. The lowest BCUT2D eigenvalue weighted by molar-refractivity contribution is 0.137. The third-order valence-electron chi connectivity index (χ3n) is 0.632. The Hall–Kier alpha value is -0.560. The van der Waals surface area contributed by atoms with Crippen LogP contribution in [0.25, 0.3) is 0 Å². The second-order valence-corrected chi connectivity index (χ2v) is 1.66. The normalized spacial score (nSPS) is 15.6. The molecule has 0 rings (SSSR count). The highest BCUT2D eigenvalue weighted by Gasteiger charge is 1.92. The number of hydrogen-bond donors (Lipinski definition) is 3. The van der Waals surface area contributed by atoms with E-state index in [9.17, 15) is 0 Å². The second-order valence-electron chi connectivity index (χ2n) is 1.66. The molecular weight excluding hydrogens is 120 g/mol. The Bertz CT molecular complexity index is 120. The number of aliphatic hydroxyl groups is 3. The van der Waals surface area contributed by atoms with Gasteiger partial charge >= 0.3 is 0 Å². The lowest BCUT2D eigenvalue weighted by Crippen LogP contribution is -2.09. The first kappa shape index (κ1) is 8.44. The summed E-state index contributed by atoms with van der Waals surface area (Å²) in [5.74, 6) is 4.53. The van der Waals surface area contributed by atoms with Gasteiger partial charge < -0.3 is 15.3 Å². The fourth-order valence-corrected chi connectivity index (χ4v) is 0.262. The van der Waals surface area contributed by atoms with Crippen LogP contribution in [0.2, 0.25) is 0 Å². The third kappa shape index (κ3) is 5.31. The molecule has 2 unspecified atom stereocenters. The topological polar surface area (TPSA) is 60.7 Å². The Labute approximate surface area is 53.9 Å². The zero-order chi connectivity index (χ0) is 7.28. The van der Waals surface area contributed by atoms with Gasteiger partial charge in [0, 0.05) is 0 Å². The molecule has 2 atom stereocenters. The Morgan fingerprint density at radius 2 is 1.89 bits per heavy atom. The van der Waals surface area contributed by atoms with Gasteiger partial charge in [0.15, 0.2) is 0 Å². The molecule has 3 heteroatoms. The Morgan fingerprint density at radius 1 is 1.33 bits per heavy atom. The molecule has 3 nitrogen and oxygen atoms in total. The molecule has 0 aliphatic carbocycles. The minimum Gasteiger partial charge on any atom is -0.393 e. The van der Waals surface area contributed by atoms with Crippen LogP contribution in [-0.4, -0.2) is 34.1 Å². The van der Waals surface area contributed by atoms with Crippen LogP contribution in [0.5, 0.6) is 0 Å². The van der Waals surface area contributed by atoms with Crippen molar-refractivity contribution < 1.29 is 15.3 Å². The van der Waals surface area contributed by atoms with Crippen molar-refractivity contribution in [3.8, 4) is 11.8 Å². The first-order valence-electron chi connectivity index (χ1n) is 2.65. The summed E-state index contributed by atoms with van der Waals surface area (Å²) in [4.78, 5) is 0. The number of aliphatic hydroxyl groups excluding tert-OH is 3. The number of hydrogen-bond acceptors (Lipinski definition) is 3. The van der Waals surface area contributed by atoms with Crippen LogP contribution in [0.4, 0.5) is 0 Å². The van der Waals surface area contributed by atoms with Crippen LogP contribution in [-0.2, 0) is 0 Å². The average Bonchev–Trinajstić information content (AvgIpc) is 1.83. The smallest absolute Gasteiger partial charge is 0.137 e. The van der Waals surface area contributed by atoms with Gasteiger partial charge in [0.1, 0.15) is 12.2 Å². The predicted molar refractivity (Wildman–Crippen MR) is 32.5 cm³/mol. The summed E-state index contributed by atoms with van der Waals surface area (Å²) in [7, 11) is 0. The fourth-order valence-electron chi connectivity index (χ4n) is 0.262. The van der Waals surface area contributed by atoms with E-state index in [0.717, 1.165) is 0 Å². The maximum Gasteiger partial charge on any atom is 0.137 e. The van der Waals surface area contributed by atoms with Gasteiger partial charge in [-0.05, 0) is 6.92 Å². The quantitative estimate of drug-likeness (QED) is 0.388. The lowest BCUT2D eigenvalue weighted by Gasteiger charge is -1.94. The zero-order valence-electron chi connectivity index (χ0n) is 5.20. The van der Waals surface area contributed by atoms with E-state index in [4.69, 9.17) is 15.3 Å². The van der Waals surface area contributed by atoms with Gasteiger partial charge in [0.2, 0.25) is 0 Å². The standard InChI is InChI=1S/C6H10O3/c1-5(8)2-3-6(9)4-7/h5-9H,4H2,1H3. The minimum absolute atomic E-state index is 0.389. The van der Waals surface area contributed by atoms with Crippen molar-refractivity contribution in [2.45, 2.75) is 19.1 Å². The van der Waals surface area contributed by atoms with Crippen molar-refractivity contribution in [1.29, 1.82) is 0 Å². The van der Waals surface area contributed by atoms with E-state index in [-0.39, 0.29) is 6.61 Å². The molecule has 0 saturated carbocycles. The summed E-state index contributed by atoms with van der Waals surface area (Å²) in [5.41, 5.74) is 0. The predicted octanol–water partition coefficient (Wildman–Crippen LogP) is -1.28. The summed E-state index contributed by atoms with van der Waals surface area (Å²) in [6.07, 6.45) is -1.77.